The van der Waals surface area contributed by atoms with Crippen LogP contribution in [0.15, 0.2) is 63.8 Å². The standard InChI is InChI=1S/C34H35ClF2N2O7/c35-11-3-1-2-4-13-44-15-16-45-14-12-38-32(41)22-5-8-25(33(42)43)28(17-22)31-26-9-6-23(39-20-34(36,37)21-39)18-29(26)46-30-19-24(40)7-10-27(30)31/h5-10,17-19H,1-4,11-16,20-21H2,(H,38,41)(H,42,43). The van der Waals surface area contributed by atoms with Gasteiger partial charge in [-0.1, -0.05) is 12.8 Å². The lowest BCUT2D eigenvalue weighted by atomic mass is 9.89. The normalized spacial score (nSPS) is 14.0. The summed E-state index contributed by atoms with van der Waals surface area (Å²) in [4.78, 5) is 39.2. The minimum absolute atomic E-state index is 0.0645. The molecule has 1 saturated heterocycles. The number of aromatic carboxylic acids is 1. The molecule has 2 N–H and O–H groups in total. The minimum Gasteiger partial charge on any atom is -0.478 e. The Morgan fingerprint density at radius 1 is 0.913 bits per heavy atom. The number of amides is 1. The lowest BCUT2D eigenvalue weighted by Crippen LogP contribution is -2.56. The van der Waals surface area contributed by atoms with Gasteiger partial charge in [0.15, 0.2) is 5.43 Å². The van der Waals surface area contributed by atoms with Crippen LogP contribution in [0.1, 0.15) is 46.4 Å². The highest BCUT2D eigenvalue weighted by Gasteiger charge is 2.44. The summed E-state index contributed by atoms with van der Waals surface area (Å²) in [6, 6.07) is 13.4. The number of nitrogens with zero attached hydrogens (tertiary/aromatic N) is 1. The van der Waals surface area contributed by atoms with Gasteiger partial charge in [0.25, 0.3) is 11.8 Å². The van der Waals surface area contributed by atoms with E-state index in [-0.39, 0.29) is 46.6 Å². The number of rotatable bonds is 16. The van der Waals surface area contributed by atoms with Crippen LogP contribution in [-0.4, -0.2) is 74.8 Å². The minimum atomic E-state index is -2.78. The number of halogens is 3. The van der Waals surface area contributed by atoms with Gasteiger partial charge in [0.2, 0.25) is 0 Å². The molecule has 1 aliphatic carbocycles. The van der Waals surface area contributed by atoms with Crippen molar-refractivity contribution in [1.29, 1.82) is 0 Å². The zero-order valence-electron chi connectivity index (χ0n) is 25.2. The molecular formula is C34H35ClF2N2O7. The maximum Gasteiger partial charge on any atom is 0.336 e. The van der Waals surface area contributed by atoms with E-state index in [4.69, 9.17) is 25.5 Å². The van der Waals surface area contributed by atoms with Crippen molar-refractivity contribution >= 4 is 40.1 Å². The summed E-state index contributed by atoms with van der Waals surface area (Å²) >= 11 is 5.67. The fraction of sp³-hybridized carbons (Fsp3) is 0.382. The van der Waals surface area contributed by atoms with Crippen LogP contribution in [0.5, 0.6) is 0 Å². The van der Waals surface area contributed by atoms with Crippen LogP contribution in [0.4, 0.5) is 14.5 Å². The summed E-state index contributed by atoms with van der Waals surface area (Å²) in [6.07, 6.45) is 4.14. The van der Waals surface area contributed by atoms with E-state index in [0.29, 0.717) is 47.9 Å². The van der Waals surface area contributed by atoms with E-state index < -0.39 is 30.9 Å². The first-order chi connectivity index (χ1) is 22.2. The third-order valence-corrected chi connectivity index (χ3v) is 8.01. The smallest absolute Gasteiger partial charge is 0.336 e. The zero-order valence-corrected chi connectivity index (χ0v) is 25.9. The third kappa shape index (κ3) is 8.01. The number of benzene rings is 3. The Balaban J connectivity index is 1.33. The monoisotopic (exact) mass is 656 g/mol. The average molecular weight is 657 g/mol. The number of carboxylic acids is 1. The quantitative estimate of drug-likeness (QED) is 0.0822. The van der Waals surface area contributed by atoms with E-state index in [1.54, 1.807) is 24.3 Å². The predicted octanol–water partition coefficient (Wildman–Crippen LogP) is 6.28. The molecule has 0 aromatic heterocycles. The number of hydrogen-bond acceptors (Lipinski definition) is 7. The van der Waals surface area contributed by atoms with E-state index in [1.165, 1.54) is 35.2 Å². The van der Waals surface area contributed by atoms with Gasteiger partial charge in [-0.05, 0) is 60.9 Å². The van der Waals surface area contributed by atoms with Gasteiger partial charge in [-0.15, -0.1) is 11.6 Å². The Bertz CT molecular complexity index is 1720. The summed E-state index contributed by atoms with van der Waals surface area (Å²) in [7, 11) is 0. The number of nitrogens with one attached hydrogen (secondary N) is 1. The Kier molecular flexibility index (Phi) is 10.9. The highest BCUT2D eigenvalue weighted by Crippen LogP contribution is 2.43. The van der Waals surface area contributed by atoms with Gasteiger partial charge in [0.05, 0.1) is 38.5 Å². The number of unbranched alkanes of at least 4 members (excludes halogenated alkanes) is 3. The first kappa shape index (κ1) is 33.3. The number of carboxylic acid groups (broad SMARTS) is 1. The molecule has 0 saturated carbocycles. The maximum absolute atomic E-state index is 13.6. The molecule has 0 radical (unpaired) electrons. The van der Waals surface area contributed by atoms with Crippen molar-refractivity contribution < 1.29 is 37.4 Å². The van der Waals surface area contributed by atoms with Crippen molar-refractivity contribution in [2.45, 2.75) is 31.6 Å². The van der Waals surface area contributed by atoms with Gasteiger partial charge in [-0.25, -0.2) is 13.6 Å². The molecule has 0 bridgehead atoms. The second-order valence-corrected chi connectivity index (χ2v) is 11.6. The Hall–Kier alpha value is -4.06. The van der Waals surface area contributed by atoms with Crippen LogP contribution in [0.3, 0.4) is 0 Å². The number of carbonyl (C=O) groups is 2. The molecule has 2 aliphatic heterocycles. The highest BCUT2D eigenvalue weighted by molar-refractivity contribution is 6.17. The number of hydrogen-bond donors (Lipinski definition) is 2. The number of fused-ring (bicyclic) bond motifs is 2. The maximum atomic E-state index is 13.6. The summed E-state index contributed by atoms with van der Waals surface area (Å²) in [6.45, 7) is 1.14. The molecule has 0 spiro atoms. The van der Waals surface area contributed by atoms with Crippen molar-refractivity contribution in [1.82, 2.24) is 5.32 Å². The van der Waals surface area contributed by atoms with Gasteiger partial charge < -0.3 is 29.2 Å². The molecule has 0 unspecified atom stereocenters. The van der Waals surface area contributed by atoms with Gasteiger partial charge in [0.1, 0.15) is 11.3 Å². The number of alkyl halides is 3. The zero-order chi connectivity index (χ0) is 32.7. The van der Waals surface area contributed by atoms with Gasteiger partial charge >= 0.3 is 5.97 Å². The van der Waals surface area contributed by atoms with Crippen LogP contribution in [0.25, 0.3) is 33.4 Å². The molecule has 2 aromatic rings. The Labute approximate surface area is 269 Å². The first-order valence-electron chi connectivity index (χ1n) is 15.2. The largest absolute Gasteiger partial charge is 0.478 e. The van der Waals surface area contributed by atoms with Gasteiger partial charge in [-0.3, -0.25) is 9.59 Å². The molecule has 5 rings (SSSR count). The molecule has 244 valence electrons. The van der Waals surface area contributed by atoms with Crippen molar-refractivity contribution in [3.8, 4) is 22.5 Å². The molecule has 3 aliphatic rings. The summed E-state index contributed by atoms with van der Waals surface area (Å²) in [5, 5.41) is 13.4. The van der Waals surface area contributed by atoms with E-state index in [0.717, 1.165) is 25.7 Å². The van der Waals surface area contributed by atoms with Crippen LogP contribution in [0.2, 0.25) is 0 Å². The van der Waals surface area contributed by atoms with Crippen LogP contribution in [0, 0.1) is 0 Å². The molecule has 9 nitrogen and oxygen atoms in total. The fourth-order valence-electron chi connectivity index (χ4n) is 5.43. The van der Waals surface area contributed by atoms with E-state index >= 15 is 0 Å². The van der Waals surface area contributed by atoms with Gasteiger partial charge in [0, 0.05) is 58.9 Å². The van der Waals surface area contributed by atoms with Crippen molar-refractivity contribution in [3.63, 3.8) is 0 Å². The lowest BCUT2D eigenvalue weighted by molar-refractivity contribution is -0.0262. The fourth-order valence-corrected chi connectivity index (χ4v) is 5.62. The molecular weight excluding hydrogens is 622 g/mol. The predicted molar refractivity (Wildman–Crippen MR) is 172 cm³/mol. The summed E-state index contributed by atoms with van der Waals surface area (Å²) in [5.74, 6) is -3.54. The Morgan fingerprint density at radius 3 is 2.41 bits per heavy atom. The number of carbonyl (C=O) groups excluding carboxylic acids is 1. The number of ether oxygens (including phenoxy) is 2. The van der Waals surface area contributed by atoms with E-state index in [9.17, 15) is 28.3 Å². The molecule has 1 amide bonds. The second-order valence-electron chi connectivity index (χ2n) is 11.2. The molecule has 0 atom stereocenters. The van der Waals surface area contributed by atoms with Crippen LogP contribution >= 0.6 is 11.6 Å². The number of anilines is 1. The third-order valence-electron chi connectivity index (χ3n) is 7.74. The topological polar surface area (TPSA) is 118 Å². The van der Waals surface area contributed by atoms with E-state index in [1.807, 2.05) is 0 Å². The summed E-state index contributed by atoms with van der Waals surface area (Å²) < 4.78 is 44.3. The highest BCUT2D eigenvalue weighted by atomic mass is 35.5. The van der Waals surface area contributed by atoms with Gasteiger partial charge in [-0.2, -0.15) is 0 Å². The average Bonchev–Trinajstić information content (AvgIpc) is 3.02. The SMILES string of the molecule is O=C(NCCOCCOCCCCCCCl)c1ccc(C(=O)O)c(-c2c3ccc(=O)cc-3oc3cc(N4CC(F)(F)C4)ccc23)c1. The van der Waals surface area contributed by atoms with Crippen LogP contribution < -0.4 is 15.6 Å². The molecule has 2 aromatic carbocycles. The Morgan fingerprint density at radius 2 is 1.67 bits per heavy atom. The van der Waals surface area contributed by atoms with Crippen molar-refractivity contribution in [2.75, 3.05) is 56.8 Å². The first-order valence-corrected chi connectivity index (χ1v) is 15.7. The second kappa shape index (κ2) is 15.0. The van der Waals surface area contributed by atoms with E-state index in [2.05, 4.69) is 5.32 Å². The summed E-state index contributed by atoms with van der Waals surface area (Å²) in [5.41, 5.74) is 1.75. The molecule has 46 heavy (non-hydrogen) atoms. The molecule has 12 heteroatoms. The van der Waals surface area contributed by atoms with Crippen molar-refractivity contribution in [3.05, 3.63) is 75.9 Å². The van der Waals surface area contributed by atoms with Crippen molar-refractivity contribution in [2.24, 2.45) is 0 Å². The van der Waals surface area contributed by atoms with Crippen LogP contribution in [-0.2, 0) is 9.47 Å². The molecule has 2 heterocycles. The lowest BCUT2D eigenvalue weighted by Gasteiger charge is -2.40. The molecule has 1 fully saturated rings.